The smallest absolute Gasteiger partial charge is 0.413 e. The number of rotatable bonds is 1. The van der Waals surface area contributed by atoms with Gasteiger partial charge in [-0.3, -0.25) is 0 Å². The first-order valence-electron chi connectivity index (χ1n) is 4.80. The second-order valence-corrected chi connectivity index (χ2v) is 3.85. The van der Waals surface area contributed by atoms with Crippen LogP contribution in [0.15, 0.2) is 23.7 Å². The minimum Gasteiger partial charge on any atom is -0.413 e. The van der Waals surface area contributed by atoms with Crippen LogP contribution in [0.3, 0.4) is 0 Å². The molecule has 7 heteroatoms. The molecule has 0 saturated heterocycles. The molecule has 0 fully saturated rings. The van der Waals surface area contributed by atoms with Gasteiger partial charge in [-0.25, -0.2) is 4.79 Å². The standard InChI is InChI=1S/C10H13F3N2O2/c1-14(2)9(16)17-8-4-7(10(11,12)13)5-15(3)6-8/h5-6H,4H2,1-3H3. The lowest BCUT2D eigenvalue weighted by molar-refractivity contribution is -0.0954. The van der Waals surface area contributed by atoms with E-state index in [0.717, 1.165) is 11.1 Å². The number of hydrogen-bond donors (Lipinski definition) is 0. The molecular weight excluding hydrogens is 237 g/mol. The summed E-state index contributed by atoms with van der Waals surface area (Å²) in [7, 11) is 4.35. The van der Waals surface area contributed by atoms with Gasteiger partial charge < -0.3 is 14.5 Å². The van der Waals surface area contributed by atoms with Crippen LogP contribution < -0.4 is 0 Å². The summed E-state index contributed by atoms with van der Waals surface area (Å²) in [5.74, 6) is -0.0268. The second kappa shape index (κ2) is 4.68. The number of amides is 1. The fraction of sp³-hybridized carbons (Fsp3) is 0.500. The Morgan fingerprint density at radius 3 is 2.47 bits per heavy atom. The number of carbonyl (C=O) groups excluding carboxylic acids is 1. The summed E-state index contributed by atoms with van der Waals surface area (Å²) in [6, 6.07) is 0. The fourth-order valence-corrected chi connectivity index (χ4v) is 1.23. The number of nitrogens with zero attached hydrogens (tertiary/aromatic N) is 2. The van der Waals surface area contributed by atoms with Crippen molar-refractivity contribution in [3.63, 3.8) is 0 Å². The van der Waals surface area contributed by atoms with Crippen molar-refractivity contribution in [2.75, 3.05) is 21.1 Å². The van der Waals surface area contributed by atoms with E-state index in [1.165, 1.54) is 32.2 Å². The molecule has 0 N–H and O–H groups in total. The van der Waals surface area contributed by atoms with Crippen LogP contribution in [-0.2, 0) is 4.74 Å². The Bertz CT molecular complexity index is 372. The molecule has 96 valence electrons. The maximum absolute atomic E-state index is 12.5. The maximum Gasteiger partial charge on any atom is 0.414 e. The lowest BCUT2D eigenvalue weighted by atomic mass is 10.1. The Kier molecular flexibility index (Phi) is 3.69. The first-order valence-corrected chi connectivity index (χ1v) is 4.80. The second-order valence-electron chi connectivity index (χ2n) is 3.85. The van der Waals surface area contributed by atoms with Gasteiger partial charge in [0.15, 0.2) is 0 Å². The van der Waals surface area contributed by atoms with E-state index in [0.29, 0.717) is 0 Å². The van der Waals surface area contributed by atoms with Gasteiger partial charge in [0.1, 0.15) is 5.76 Å². The van der Waals surface area contributed by atoms with E-state index in [-0.39, 0.29) is 5.76 Å². The van der Waals surface area contributed by atoms with Gasteiger partial charge in [0.25, 0.3) is 0 Å². The van der Waals surface area contributed by atoms with Crippen LogP contribution in [0.5, 0.6) is 0 Å². The molecule has 0 aliphatic carbocycles. The number of hydrogen-bond acceptors (Lipinski definition) is 3. The minimum absolute atomic E-state index is 0.0268. The van der Waals surface area contributed by atoms with Gasteiger partial charge in [-0.1, -0.05) is 0 Å². The van der Waals surface area contributed by atoms with Crippen LogP contribution in [0, 0.1) is 0 Å². The van der Waals surface area contributed by atoms with Crippen molar-refractivity contribution in [3.8, 4) is 0 Å². The molecule has 0 unspecified atom stereocenters. The van der Waals surface area contributed by atoms with Crippen LogP contribution in [0.4, 0.5) is 18.0 Å². The summed E-state index contributed by atoms with van der Waals surface area (Å²) in [4.78, 5) is 13.6. The monoisotopic (exact) mass is 250 g/mol. The van der Waals surface area contributed by atoms with E-state index in [1.807, 2.05) is 0 Å². The van der Waals surface area contributed by atoms with Gasteiger partial charge in [0.2, 0.25) is 0 Å². The summed E-state index contributed by atoms with van der Waals surface area (Å²) in [5, 5.41) is 0. The zero-order valence-corrected chi connectivity index (χ0v) is 9.71. The van der Waals surface area contributed by atoms with Crippen LogP contribution >= 0.6 is 0 Å². The van der Waals surface area contributed by atoms with Crippen LogP contribution in [0.25, 0.3) is 0 Å². The highest BCUT2D eigenvalue weighted by Crippen LogP contribution is 2.33. The molecule has 0 radical (unpaired) electrons. The molecule has 17 heavy (non-hydrogen) atoms. The quantitative estimate of drug-likeness (QED) is 0.716. The van der Waals surface area contributed by atoms with Crippen molar-refractivity contribution < 1.29 is 22.7 Å². The third-order valence-corrected chi connectivity index (χ3v) is 2.02. The van der Waals surface area contributed by atoms with E-state index in [4.69, 9.17) is 4.74 Å². The molecule has 1 rings (SSSR count). The Hall–Kier alpha value is -1.66. The van der Waals surface area contributed by atoms with Crippen molar-refractivity contribution in [1.82, 2.24) is 9.80 Å². The summed E-state index contributed by atoms with van der Waals surface area (Å²) < 4.78 is 42.3. The zero-order valence-electron chi connectivity index (χ0n) is 9.71. The predicted molar refractivity (Wildman–Crippen MR) is 54.8 cm³/mol. The first-order chi connectivity index (χ1) is 7.70. The van der Waals surface area contributed by atoms with Gasteiger partial charge in [0, 0.05) is 40.0 Å². The zero-order chi connectivity index (χ0) is 13.2. The topological polar surface area (TPSA) is 32.8 Å². The molecule has 0 aromatic carbocycles. The summed E-state index contributed by atoms with van der Waals surface area (Å²) >= 11 is 0. The minimum atomic E-state index is -4.42. The molecule has 1 aliphatic heterocycles. The largest absolute Gasteiger partial charge is 0.414 e. The van der Waals surface area contributed by atoms with Gasteiger partial charge in [-0.05, 0) is 0 Å². The highest BCUT2D eigenvalue weighted by molar-refractivity contribution is 5.68. The maximum atomic E-state index is 12.5. The van der Waals surface area contributed by atoms with Crippen LogP contribution in [-0.4, -0.2) is 43.2 Å². The van der Waals surface area contributed by atoms with E-state index < -0.39 is 24.3 Å². The van der Waals surface area contributed by atoms with Gasteiger partial charge >= 0.3 is 12.3 Å². The van der Waals surface area contributed by atoms with Crippen molar-refractivity contribution in [3.05, 3.63) is 23.7 Å². The molecule has 1 heterocycles. The summed E-state index contributed by atoms with van der Waals surface area (Å²) in [6.07, 6.45) is -3.25. The summed E-state index contributed by atoms with van der Waals surface area (Å²) in [5.41, 5.74) is -0.746. The lowest BCUT2D eigenvalue weighted by Crippen LogP contribution is -2.26. The van der Waals surface area contributed by atoms with E-state index >= 15 is 0 Å². The average Bonchev–Trinajstić information content (AvgIpc) is 2.15. The SMILES string of the molecule is CN1C=C(OC(=O)N(C)C)CC(C(F)(F)F)=C1. The molecule has 0 aromatic heterocycles. The molecule has 0 aromatic rings. The molecule has 0 spiro atoms. The van der Waals surface area contributed by atoms with E-state index in [2.05, 4.69) is 0 Å². The van der Waals surface area contributed by atoms with Crippen molar-refractivity contribution >= 4 is 6.09 Å². The number of alkyl halides is 3. The van der Waals surface area contributed by atoms with Gasteiger partial charge in [-0.2, -0.15) is 13.2 Å². The van der Waals surface area contributed by atoms with E-state index in [1.54, 1.807) is 0 Å². The Balaban J connectivity index is 2.75. The Labute approximate surface area is 96.9 Å². The van der Waals surface area contributed by atoms with Gasteiger partial charge in [0.05, 0.1) is 5.57 Å². The number of allylic oxidation sites excluding steroid dienone is 1. The van der Waals surface area contributed by atoms with Crippen LogP contribution in [0.2, 0.25) is 0 Å². The van der Waals surface area contributed by atoms with E-state index in [9.17, 15) is 18.0 Å². The fourth-order valence-electron chi connectivity index (χ4n) is 1.23. The molecular formula is C10H13F3N2O2. The highest BCUT2D eigenvalue weighted by atomic mass is 19.4. The van der Waals surface area contributed by atoms with Gasteiger partial charge in [-0.15, -0.1) is 0 Å². The number of carbonyl (C=O) groups is 1. The van der Waals surface area contributed by atoms with Crippen LogP contribution in [0.1, 0.15) is 6.42 Å². The Morgan fingerprint density at radius 2 is 2.00 bits per heavy atom. The molecule has 0 saturated carbocycles. The van der Waals surface area contributed by atoms with Crippen molar-refractivity contribution in [2.24, 2.45) is 0 Å². The third kappa shape index (κ3) is 3.69. The first kappa shape index (κ1) is 13.4. The number of ether oxygens (including phenoxy) is 1. The molecule has 4 nitrogen and oxygen atoms in total. The third-order valence-electron chi connectivity index (χ3n) is 2.02. The molecule has 1 aliphatic rings. The molecule has 0 bridgehead atoms. The molecule has 1 amide bonds. The highest BCUT2D eigenvalue weighted by Gasteiger charge is 2.36. The Morgan fingerprint density at radius 1 is 1.41 bits per heavy atom. The lowest BCUT2D eigenvalue weighted by Gasteiger charge is -2.23. The molecule has 0 atom stereocenters. The summed E-state index contributed by atoms with van der Waals surface area (Å²) in [6.45, 7) is 0. The predicted octanol–water partition coefficient (Wildman–Crippen LogP) is 2.31. The van der Waals surface area contributed by atoms with Crippen molar-refractivity contribution in [2.45, 2.75) is 12.6 Å². The van der Waals surface area contributed by atoms with Crippen molar-refractivity contribution in [1.29, 1.82) is 0 Å². The average molecular weight is 250 g/mol. The normalized spacial score (nSPS) is 16.2. The number of halogens is 3.